The second kappa shape index (κ2) is 5.96. The number of nitrogens with zero attached hydrogens (tertiary/aromatic N) is 1. The minimum atomic E-state index is -0.556. The number of phenolic OH excluding ortho intramolecular Hbond substituents is 3. The Morgan fingerprint density at radius 3 is 2.05 bits per heavy atom. The minimum Gasteiger partial charge on any atom is -0.508 e. The summed E-state index contributed by atoms with van der Waals surface area (Å²) in [6, 6.07) is 9.94. The lowest BCUT2D eigenvalue weighted by Gasteiger charge is -2.04. The van der Waals surface area contributed by atoms with Gasteiger partial charge in [-0.15, -0.1) is 0 Å². The quantitative estimate of drug-likeness (QED) is 0.511. The van der Waals surface area contributed by atoms with Crippen LogP contribution < -0.4 is 5.43 Å². The van der Waals surface area contributed by atoms with Crippen LogP contribution in [-0.4, -0.2) is 26.9 Å². The molecule has 2 aromatic rings. The average Bonchev–Trinajstić information content (AvgIpc) is 2.44. The van der Waals surface area contributed by atoms with E-state index in [1.54, 1.807) is 19.1 Å². The van der Waals surface area contributed by atoms with Gasteiger partial charge < -0.3 is 15.3 Å². The summed E-state index contributed by atoms with van der Waals surface area (Å²) in [5.41, 5.74) is 3.71. The van der Waals surface area contributed by atoms with Crippen LogP contribution in [0.4, 0.5) is 0 Å². The fourth-order valence-corrected chi connectivity index (χ4v) is 1.69. The average molecular weight is 286 g/mol. The van der Waals surface area contributed by atoms with Crippen LogP contribution in [0.15, 0.2) is 47.6 Å². The van der Waals surface area contributed by atoms with Gasteiger partial charge in [0.15, 0.2) is 0 Å². The highest BCUT2D eigenvalue weighted by Crippen LogP contribution is 2.20. The number of hydrogen-bond acceptors (Lipinski definition) is 5. The van der Waals surface area contributed by atoms with Gasteiger partial charge in [0.1, 0.15) is 17.2 Å². The molecule has 0 aromatic heterocycles. The lowest BCUT2D eigenvalue weighted by molar-refractivity contribution is 0.0954. The smallest absolute Gasteiger partial charge is 0.271 e. The van der Waals surface area contributed by atoms with Gasteiger partial charge in [-0.05, 0) is 48.9 Å². The molecule has 0 atom stereocenters. The van der Waals surface area contributed by atoms with Gasteiger partial charge in [-0.25, -0.2) is 5.43 Å². The van der Waals surface area contributed by atoms with E-state index in [0.29, 0.717) is 5.71 Å². The number of rotatable bonds is 3. The standard InChI is InChI=1S/C15H14N2O4/c1-9(10-2-4-12(18)5-3-10)16-17-15(21)11-6-13(19)8-14(20)7-11/h2-8,18-20H,1H3,(H,17,21)/b16-9+. The number of hydrazone groups is 1. The topological polar surface area (TPSA) is 102 Å². The first-order valence-corrected chi connectivity index (χ1v) is 6.13. The predicted molar refractivity (Wildman–Crippen MR) is 77.6 cm³/mol. The van der Waals surface area contributed by atoms with Crippen molar-refractivity contribution in [3.8, 4) is 17.2 Å². The number of nitrogens with one attached hydrogen (secondary N) is 1. The third kappa shape index (κ3) is 3.73. The number of carbonyl (C=O) groups excluding carboxylic acids is 1. The highest BCUT2D eigenvalue weighted by atomic mass is 16.3. The van der Waals surface area contributed by atoms with Gasteiger partial charge in [-0.1, -0.05) is 0 Å². The fraction of sp³-hybridized carbons (Fsp3) is 0.0667. The van der Waals surface area contributed by atoms with E-state index in [9.17, 15) is 20.1 Å². The first-order valence-electron chi connectivity index (χ1n) is 6.13. The van der Waals surface area contributed by atoms with Crippen molar-refractivity contribution in [1.29, 1.82) is 0 Å². The monoisotopic (exact) mass is 286 g/mol. The SMILES string of the molecule is C/C(=N\NC(=O)c1cc(O)cc(O)c1)c1ccc(O)cc1. The summed E-state index contributed by atoms with van der Waals surface area (Å²) in [6.07, 6.45) is 0. The van der Waals surface area contributed by atoms with Crippen LogP contribution in [0, 0.1) is 0 Å². The molecule has 0 unspecified atom stereocenters. The number of phenols is 3. The number of benzene rings is 2. The van der Waals surface area contributed by atoms with E-state index in [4.69, 9.17) is 0 Å². The number of carbonyl (C=O) groups is 1. The van der Waals surface area contributed by atoms with Gasteiger partial charge in [0, 0.05) is 11.6 Å². The molecule has 108 valence electrons. The maximum Gasteiger partial charge on any atom is 0.271 e. The summed E-state index contributed by atoms with van der Waals surface area (Å²) in [6.45, 7) is 1.70. The van der Waals surface area contributed by atoms with Crippen molar-refractivity contribution < 1.29 is 20.1 Å². The summed E-state index contributed by atoms with van der Waals surface area (Å²) >= 11 is 0. The molecule has 0 radical (unpaired) electrons. The number of hydrogen-bond donors (Lipinski definition) is 4. The summed E-state index contributed by atoms with van der Waals surface area (Å²) in [5.74, 6) is -0.830. The first kappa shape index (κ1) is 14.4. The van der Waals surface area contributed by atoms with Gasteiger partial charge in [0.2, 0.25) is 0 Å². The zero-order valence-corrected chi connectivity index (χ0v) is 11.2. The van der Waals surface area contributed by atoms with E-state index < -0.39 is 5.91 Å². The molecule has 0 aliphatic heterocycles. The predicted octanol–water partition coefficient (Wildman–Crippen LogP) is 1.96. The molecule has 6 heteroatoms. The van der Waals surface area contributed by atoms with Crippen LogP contribution in [0.25, 0.3) is 0 Å². The number of aromatic hydroxyl groups is 3. The fourth-order valence-electron chi connectivity index (χ4n) is 1.69. The Bertz CT molecular complexity index is 673. The molecule has 0 spiro atoms. The Kier molecular flexibility index (Phi) is 4.08. The zero-order valence-electron chi connectivity index (χ0n) is 11.2. The summed E-state index contributed by atoms with van der Waals surface area (Å²) in [7, 11) is 0. The van der Waals surface area contributed by atoms with E-state index in [0.717, 1.165) is 11.6 Å². The molecule has 1 amide bonds. The molecule has 2 aromatic carbocycles. The van der Waals surface area contributed by atoms with Crippen molar-refractivity contribution in [3.05, 3.63) is 53.6 Å². The summed E-state index contributed by atoms with van der Waals surface area (Å²) in [4.78, 5) is 11.9. The van der Waals surface area contributed by atoms with Gasteiger partial charge in [-0.2, -0.15) is 5.10 Å². The van der Waals surface area contributed by atoms with Crippen LogP contribution in [0.5, 0.6) is 17.2 Å². The lowest BCUT2D eigenvalue weighted by Crippen LogP contribution is -2.19. The molecule has 6 nitrogen and oxygen atoms in total. The van der Waals surface area contributed by atoms with Gasteiger partial charge in [0.25, 0.3) is 5.91 Å². The molecule has 0 fully saturated rings. The van der Waals surface area contributed by atoms with E-state index in [-0.39, 0.29) is 22.8 Å². The van der Waals surface area contributed by atoms with Crippen molar-refractivity contribution in [1.82, 2.24) is 5.43 Å². The normalized spacial score (nSPS) is 11.2. The molecule has 0 heterocycles. The first-order chi connectivity index (χ1) is 9.95. The molecule has 0 aliphatic rings. The molecule has 0 bridgehead atoms. The van der Waals surface area contributed by atoms with E-state index >= 15 is 0 Å². The van der Waals surface area contributed by atoms with Gasteiger partial charge in [0.05, 0.1) is 5.71 Å². The second-order valence-corrected chi connectivity index (χ2v) is 4.42. The van der Waals surface area contributed by atoms with Crippen molar-refractivity contribution in [2.75, 3.05) is 0 Å². The minimum absolute atomic E-state index is 0.0924. The van der Waals surface area contributed by atoms with Crippen LogP contribution in [0.3, 0.4) is 0 Å². The van der Waals surface area contributed by atoms with E-state index in [1.807, 2.05) is 0 Å². The molecule has 0 saturated carbocycles. The molecular weight excluding hydrogens is 272 g/mol. The lowest BCUT2D eigenvalue weighted by atomic mass is 10.1. The van der Waals surface area contributed by atoms with Crippen molar-refractivity contribution in [2.45, 2.75) is 6.92 Å². The Morgan fingerprint density at radius 2 is 1.48 bits per heavy atom. The Labute approximate surface area is 121 Å². The van der Waals surface area contributed by atoms with Crippen LogP contribution in [-0.2, 0) is 0 Å². The van der Waals surface area contributed by atoms with Crippen LogP contribution >= 0.6 is 0 Å². The molecule has 21 heavy (non-hydrogen) atoms. The highest BCUT2D eigenvalue weighted by molar-refractivity contribution is 6.01. The molecule has 0 saturated heterocycles. The van der Waals surface area contributed by atoms with Crippen LogP contribution in [0.2, 0.25) is 0 Å². The third-order valence-corrected chi connectivity index (χ3v) is 2.77. The van der Waals surface area contributed by atoms with Crippen molar-refractivity contribution >= 4 is 11.6 Å². The van der Waals surface area contributed by atoms with Gasteiger partial charge in [-0.3, -0.25) is 4.79 Å². The Morgan fingerprint density at radius 1 is 0.905 bits per heavy atom. The van der Waals surface area contributed by atoms with E-state index in [2.05, 4.69) is 10.5 Å². The summed E-state index contributed by atoms with van der Waals surface area (Å²) < 4.78 is 0. The van der Waals surface area contributed by atoms with Crippen LogP contribution in [0.1, 0.15) is 22.8 Å². The zero-order chi connectivity index (χ0) is 15.4. The Hall–Kier alpha value is -3.02. The van der Waals surface area contributed by atoms with Gasteiger partial charge >= 0.3 is 0 Å². The maximum absolute atomic E-state index is 11.9. The highest BCUT2D eigenvalue weighted by Gasteiger charge is 2.08. The largest absolute Gasteiger partial charge is 0.508 e. The van der Waals surface area contributed by atoms with Crippen molar-refractivity contribution in [2.24, 2.45) is 5.10 Å². The summed E-state index contributed by atoms with van der Waals surface area (Å²) in [5, 5.41) is 31.8. The second-order valence-electron chi connectivity index (χ2n) is 4.42. The third-order valence-electron chi connectivity index (χ3n) is 2.77. The molecule has 2 rings (SSSR count). The maximum atomic E-state index is 11.9. The molecule has 4 N–H and O–H groups in total. The Balaban J connectivity index is 2.12. The molecular formula is C15H14N2O4. The van der Waals surface area contributed by atoms with E-state index in [1.165, 1.54) is 24.3 Å². The van der Waals surface area contributed by atoms with Crippen molar-refractivity contribution in [3.63, 3.8) is 0 Å². The number of amides is 1. The molecule has 0 aliphatic carbocycles.